The van der Waals surface area contributed by atoms with Crippen molar-refractivity contribution < 1.29 is 19.0 Å². The lowest BCUT2D eigenvalue weighted by molar-refractivity contribution is -0.118. The Morgan fingerprint density at radius 1 is 1.12 bits per heavy atom. The molecule has 8 heteroatoms. The van der Waals surface area contributed by atoms with Crippen LogP contribution in [0, 0.1) is 0 Å². The molecule has 3 aromatic rings. The average Bonchev–Trinajstić information content (AvgIpc) is 3.28. The summed E-state index contributed by atoms with van der Waals surface area (Å²) in [7, 11) is 3.32. The summed E-state index contributed by atoms with van der Waals surface area (Å²) < 4.78 is 16.5. The van der Waals surface area contributed by atoms with Gasteiger partial charge in [-0.05, 0) is 53.3 Å². The first-order valence-corrected chi connectivity index (χ1v) is 12.3. The Balaban J connectivity index is 1.28. The second-order valence-corrected chi connectivity index (χ2v) is 9.50. The Morgan fingerprint density at radius 3 is 2.50 bits per heavy atom. The first-order valence-electron chi connectivity index (χ1n) is 11.4. The molecule has 180 valence electrons. The van der Waals surface area contributed by atoms with Crippen LogP contribution in [0.1, 0.15) is 42.1 Å². The van der Waals surface area contributed by atoms with E-state index in [2.05, 4.69) is 41.2 Å². The third-order valence-corrected chi connectivity index (χ3v) is 6.70. The molecule has 0 bridgehead atoms. The zero-order chi connectivity index (χ0) is 24.1. The summed E-state index contributed by atoms with van der Waals surface area (Å²) in [6.45, 7) is 6.71. The van der Waals surface area contributed by atoms with Crippen molar-refractivity contribution in [3.05, 3.63) is 64.2 Å². The van der Waals surface area contributed by atoms with Crippen molar-refractivity contribution in [2.24, 2.45) is 0 Å². The molecular formula is C26H31N3O4S. The van der Waals surface area contributed by atoms with Gasteiger partial charge in [0.15, 0.2) is 23.2 Å². The van der Waals surface area contributed by atoms with Crippen LogP contribution in [0.25, 0.3) is 0 Å². The predicted molar refractivity (Wildman–Crippen MR) is 134 cm³/mol. The van der Waals surface area contributed by atoms with Crippen LogP contribution in [0.4, 0.5) is 5.13 Å². The number of hydrogen-bond acceptors (Lipinski definition) is 7. The number of amides is 1. The van der Waals surface area contributed by atoms with Crippen molar-refractivity contribution >= 4 is 22.4 Å². The number of thiazole rings is 1. The van der Waals surface area contributed by atoms with Crippen LogP contribution in [-0.4, -0.2) is 43.2 Å². The van der Waals surface area contributed by atoms with Crippen molar-refractivity contribution in [3.63, 3.8) is 0 Å². The molecule has 0 saturated heterocycles. The van der Waals surface area contributed by atoms with E-state index in [0.29, 0.717) is 16.8 Å². The quantitative estimate of drug-likeness (QED) is 0.471. The smallest absolute Gasteiger partial charge is 0.264 e. The summed E-state index contributed by atoms with van der Waals surface area (Å²) >= 11 is 1.43. The molecule has 0 saturated carbocycles. The average molecular weight is 482 g/mol. The van der Waals surface area contributed by atoms with E-state index in [4.69, 9.17) is 14.2 Å². The highest BCUT2D eigenvalue weighted by molar-refractivity contribution is 7.13. The van der Waals surface area contributed by atoms with E-state index in [0.717, 1.165) is 43.2 Å². The first kappa shape index (κ1) is 24.0. The monoisotopic (exact) mass is 481 g/mol. The van der Waals surface area contributed by atoms with Gasteiger partial charge in [0.05, 0.1) is 19.9 Å². The summed E-state index contributed by atoms with van der Waals surface area (Å²) in [6.07, 6.45) is 0.943. The number of ether oxygens (including phenoxy) is 3. The molecule has 1 aliphatic rings. The number of anilines is 1. The molecule has 0 radical (unpaired) electrons. The van der Waals surface area contributed by atoms with Crippen LogP contribution in [-0.2, 0) is 24.3 Å². The Hall–Kier alpha value is -3.10. The Morgan fingerprint density at radius 2 is 1.82 bits per heavy atom. The first-order chi connectivity index (χ1) is 16.4. The third kappa shape index (κ3) is 5.87. The van der Waals surface area contributed by atoms with Gasteiger partial charge in [0.2, 0.25) is 0 Å². The molecule has 34 heavy (non-hydrogen) atoms. The molecule has 1 aliphatic heterocycles. The van der Waals surface area contributed by atoms with E-state index >= 15 is 0 Å². The molecule has 2 aromatic carbocycles. The summed E-state index contributed by atoms with van der Waals surface area (Å²) in [6, 6.07) is 12.0. The van der Waals surface area contributed by atoms with Gasteiger partial charge in [0.1, 0.15) is 5.75 Å². The van der Waals surface area contributed by atoms with Crippen LogP contribution in [0.2, 0.25) is 0 Å². The molecule has 0 atom stereocenters. The normalized spacial score (nSPS) is 13.4. The van der Waals surface area contributed by atoms with E-state index in [9.17, 15) is 4.79 Å². The summed E-state index contributed by atoms with van der Waals surface area (Å²) in [5.74, 6) is 2.44. The molecular weight excluding hydrogens is 450 g/mol. The van der Waals surface area contributed by atoms with Crippen molar-refractivity contribution in [1.82, 2.24) is 9.88 Å². The van der Waals surface area contributed by atoms with Crippen molar-refractivity contribution in [1.29, 1.82) is 0 Å². The minimum absolute atomic E-state index is 0.0514. The number of aromatic nitrogens is 1. The van der Waals surface area contributed by atoms with Crippen molar-refractivity contribution in [2.75, 3.05) is 32.7 Å². The topological polar surface area (TPSA) is 72.9 Å². The number of rotatable bonds is 9. The van der Waals surface area contributed by atoms with Gasteiger partial charge in [-0.1, -0.05) is 26.0 Å². The molecule has 7 nitrogen and oxygen atoms in total. The van der Waals surface area contributed by atoms with Gasteiger partial charge in [-0.3, -0.25) is 15.0 Å². The second-order valence-electron chi connectivity index (χ2n) is 8.64. The van der Waals surface area contributed by atoms with Crippen molar-refractivity contribution in [3.8, 4) is 17.2 Å². The predicted octanol–water partition coefficient (Wildman–Crippen LogP) is 4.86. The lowest BCUT2D eigenvalue weighted by Crippen LogP contribution is -2.30. The van der Waals surface area contributed by atoms with Gasteiger partial charge in [-0.2, -0.15) is 0 Å². The number of fused-ring (bicyclic) bond motifs is 1. The zero-order valence-corrected chi connectivity index (χ0v) is 20.9. The maximum absolute atomic E-state index is 12.3. The van der Waals surface area contributed by atoms with Gasteiger partial charge < -0.3 is 14.2 Å². The number of hydrogen-bond donors (Lipinski definition) is 1. The lowest BCUT2D eigenvalue weighted by Gasteiger charge is -2.29. The highest BCUT2D eigenvalue weighted by Gasteiger charge is 2.20. The third-order valence-electron chi connectivity index (χ3n) is 5.90. The van der Waals surface area contributed by atoms with Crippen LogP contribution in [0.5, 0.6) is 17.2 Å². The minimum atomic E-state index is -0.221. The standard InChI is InChI=1S/C26H31N3O4S/c1-17(2)18-5-7-22(8-6-18)33-15-25(30)28-26-27-21(16-34-26)14-29-10-9-19-11-23(31-3)24(32-4)12-20(19)13-29/h5-8,11-12,16-17H,9-10,13-15H2,1-4H3,(H,27,28,30). The van der Waals surface area contributed by atoms with Gasteiger partial charge in [-0.15, -0.1) is 11.3 Å². The molecule has 0 spiro atoms. The number of carbonyl (C=O) groups is 1. The molecule has 0 aliphatic carbocycles. The summed E-state index contributed by atoms with van der Waals surface area (Å²) in [5.41, 5.74) is 4.71. The highest BCUT2D eigenvalue weighted by atomic mass is 32.1. The zero-order valence-electron chi connectivity index (χ0n) is 20.1. The van der Waals surface area contributed by atoms with Gasteiger partial charge in [-0.25, -0.2) is 4.98 Å². The van der Waals surface area contributed by atoms with Gasteiger partial charge >= 0.3 is 0 Å². The molecule has 2 heterocycles. The Labute approximate surface area is 204 Å². The summed E-state index contributed by atoms with van der Waals surface area (Å²) in [4.78, 5) is 19.2. The maximum Gasteiger partial charge on any atom is 0.264 e. The minimum Gasteiger partial charge on any atom is -0.493 e. The summed E-state index contributed by atoms with van der Waals surface area (Å²) in [5, 5.41) is 5.41. The number of methoxy groups -OCH3 is 2. The molecule has 1 aromatic heterocycles. The Bertz CT molecular complexity index is 1130. The molecule has 1 N–H and O–H groups in total. The maximum atomic E-state index is 12.3. The van der Waals surface area contributed by atoms with E-state index in [1.165, 1.54) is 28.0 Å². The number of benzene rings is 2. The highest BCUT2D eigenvalue weighted by Crippen LogP contribution is 2.33. The van der Waals surface area contributed by atoms with Crippen LogP contribution in [0.15, 0.2) is 41.8 Å². The van der Waals surface area contributed by atoms with Crippen LogP contribution >= 0.6 is 11.3 Å². The fourth-order valence-electron chi connectivity index (χ4n) is 4.00. The number of nitrogens with one attached hydrogen (secondary N) is 1. The SMILES string of the molecule is COc1cc2c(cc1OC)CN(Cc1csc(NC(=O)COc3ccc(C(C)C)cc3)n1)CC2. The van der Waals surface area contributed by atoms with Crippen LogP contribution < -0.4 is 19.5 Å². The van der Waals surface area contributed by atoms with E-state index < -0.39 is 0 Å². The molecule has 4 rings (SSSR count). The molecule has 0 fully saturated rings. The fraction of sp³-hybridized carbons (Fsp3) is 0.385. The largest absolute Gasteiger partial charge is 0.493 e. The van der Waals surface area contributed by atoms with Crippen molar-refractivity contribution in [2.45, 2.75) is 39.3 Å². The molecule has 1 amide bonds. The van der Waals surface area contributed by atoms with E-state index in [1.807, 2.05) is 29.6 Å². The number of nitrogens with zero attached hydrogens (tertiary/aromatic N) is 2. The lowest BCUT2D eigenvalue weighted by atomic mass is 9.98. The van der Waals surface area contributed by atoms with Crippen LogP contribution in [0.3, 0.4) is 0 Å². The van der Waals surface area contributed by atoms with Gasteiger partial charge in [0.25, 0.3) is 5.91 Å². The molecule has 0 unspecified atom stereocenters. The second kappa shape index (κ2) is 10.9. The van der Waals surface area contributed by atoms with E-state index in [1.54, 1.807) is 14.2 Å². The van der Waals surface area contributed by atoms with Gasteiger partial charge in [0, 0.05) is 25.0 Å². The number of carbonyl (C=O) groups excluding carboxylic acids is 1. The Kier molecular flexibility index (Phi) is 7.70. The van der Waals surface area contributed by atoms with E-state index in [-0.39, 0.29) is 12.5 Å². The fourth-order valence-corrected chi connectivity index (χ4v) is 4.71.